The summed E-state index contributed by atoms with van der Waals surface area (Å²) in [5.41, 5.74) is 5.98. The van der Waals surface area contributed by atoms with Gasteiger partial charge in [-0.25, -0.2) is 0 Å². The van der Waals surface area contributed by atoms with Crippen molar-refractivity contribution < 1.29 is 9.90 Å². The first-order valence-corrected chi connectivity index (χ1v) is 6.71. The Morgan fingerprint density at radius 3 is 2.65 bits per heavy atom. The van der Waals surface area contributed by atoms with Gasteiger partial charge >= 0.3 is 0 Å². The van der Waals surface area contributed by atoms with Crippen LogP contribution in [0.5, 0.6) is 0 Å². The number of nitrogens with zero attached hydrogens (tertiary/aromatic N) is 1. The van der Waals surface area contributed by atoms with Crippen molar-refractivity contribution in [1.82, 2.24) is 4.90 Å². The molecule has 0 radical (unpaired) electrons. The van der Waals surface area contributed by atoms with Crippen LogP contribution in [-0.4, -0.2) is 41.7 Å². The summed E-state index contributed by atoms with van der Waals surface area (Å²) in [6.45, 7) is 3.82. The van der Waals surface area contributed by atoms with Gasteiger partial charge in [-0.05, 0) is 50.4 Å². The zero-order valence-corrected chi connectivity index (χ0v) is 10.7. The molecule has 0 bridgehead atoms. The summed E-state index contributed by atoms with van der Waals surface area (Å²) < 4.78 is 0. The molecule has 1 aliphatic heterocycles. The molecule has 2 rings (SSSR count). The van der Waals surface area contributed by atoms with Crippen LogP contribution in [0.2, 0.25) is 0 Å². The van der Waals surface area contributed by atoms with Crippen LogP contribution in [0.4, 0.5) is 0 Å². The first kappa shape index (κ1) is 12.8. The number of carbonyl (C=O) groups is 1. The molecule has 1 saturated heterocycles. The zero-order valence-electron chi connectivity index (χ0n) is 10.7. The Morgan fingerprint density at radius 2 is 2.12 bits per heavy atom. The molecule has 0 aromatic heterocycles. The first-order chi connectivity index (χ1) is 8.06. The van der Waals surface area contributed by atoms with E-state index in [1.54, 1.807) is 6.92 Å². The van der Waals surface area contributed by atoms with Crippen LogP contribution in [0.15, 0.2) is 0 Å². The average molecular weight is 240 g/mol. The second kappa shape index (κ2) is 4.94. The maximum atomic E-state index is 11.9. The molecule has 98 valence electrons. The van der Waals surface area contributed by atoms with Crippen LogP contribution in [0.1, 0.15) is 39.0 Å². The van der Waals surface area contributed by atoms with Gasteiger partial charge in [0.15, 0.2) is 0 Å². The third kappa shape index (κ3) is 2.63. The highest BCUT2D eigenvalue weighted by atomic mass is 16.3. The van der Waals surface area contributed by atoms with Crippen molar-refractivity contribution in [1.29, 1.82) is 0 Å². The summed E-state index contributed by atoms with van der Waals surface area (Å²) in [5, 5.41) is 9.15. The molecular weight excluding hydrogens is 216 g/mol. The van der Waals surface area contributed by atoms with Crippen molar-refractivity contribution in [3.8, 4) is 0 Å². The number of likely N-dealkylation sites (tertiary alicyclic amines) is 1. The predicted octanol–water partition coefficient (Wildman–Crippen LogP) is 0.735. The first-order valence-electron chi connectivity index (χ1n) is 6.71. The Morgan fingerprint density at radius 1 is 1.47 bits per heavy atom. The smallest absolute Gasteiger partial charge is 0.239 e. The SMILES string of the molecule is C[C@@H](N)C(=O)N1CCC2(CCC(CO)CC2)C1. The predicted molar refractivity (Wildman–Crippen MR) is 66.3 cm³/mol. The molecular formula is C13H24N2O2. The van der Waals surface area contributed by atoms with Crippen molar-refractivity contribution >= 4 is 5.91 Å². The quantitative estimate of drug-likeness (QED) is 0.748. The lowest BCUT2D eigenvalue weighted by molar-refractivity contribution is -0.131. The minimum absolute atomic E-state index is 0.0890. The van der Waals surface area contributed by atoms with Gasteiger partial charge in [-0.1, -0.05) is 0 Å². The van der Waals surface area contributed by atoms with E-state index in [9.17, 15) is 4.79 Å². The lowest BCUT2D eigenvalue weighted by atomic mass is 9.70. The van der Waals surface area contributed by atoms with Crippen LogP contribution in [0.25, 0.3) is 0 Å². The van der Waals surface area contributed by atoms with Gasteiger partial charge in [-0.2, -0.15) is 0 Å². The van der Waals surface area contributed by atoms with Crippen LogP contribution >= 0.6 is 0 Å². The van der Waals surface area contributed by atoms with E-state index in [4.69, 9.17) is 10.8 Å². The Bertz CT molecular complexity index is 283. The maximum Gasteiger partial charge on any atom is 0.239 e. The highest BCUT2D eigenvalue weighted by molar-refractivity contribution is 5.81. The summed E-state index contributed by atoms with van der Waals surface area (Å²) in [6.07, 6.45) is 5.64. The van der Waals surface area contributed by atoms with Gasteiger partial charge in [0.1, 0.15) is 0 Å². The number of rotatable bonds is 2. The summed E-state index contributed by atoms with van der Waals surface area (Å²) >= 11 is 0. The molecule has 1 heterocycles. The second-order valence-electron chi connectivity index (χ2n) is 5.92. The van der Waals surface area contributed by atoms with Gasteiger partial charge in [0.05, 0.1) is 6.04 Å². The van der Waals surface area contributed by atoms with Gasteiger partial charge in [0.2, 0.25) is 5.91 Å². The molecule has 4 heteroatoms. The van der Waals surface area contributed by atoms with E-state index in [2.05, 4.69) is 0 Å². The lowest BCUT2D eigenvalue weighted by Gasteiger charge is -2.36. The molecule has 0 unspecified atom stereocenters. The number of nitrogens with two attached hydrogens (primary N) is 1. The third-order valence-corrected chi connectivity index (χ3v) is 4.56. The summed E-state index contributed by atoms with van der Waals surface area (Å²) in [7, 11) is 0. The molecule has 0 aromatic rings. The lowest BCUT2D eigenvalue weighted by Crippen LogP contribution is -2.42. The molecule has 2 aliphatic rings. The normalized spacial score (nSPS) is 35.2. The monoisotopic (exact) mass is 240 g/mol. The molecule has 1 spiro atoms. The van der Waals surface area contributed by atoms with E-state index in [1.807, 2.05) is 4.90 Å². The number of aliphatic hydroxyl groups is 1. The number of carbonyl (C=O) groups excluding carboxylic acids is 1. The molecule has 1 saturated carbocycles. The Hall–Kier alpha value is -0.610. The van der Waals surface area contributed by atoms with E-state index < -0.39 is 0 Å². The van der Waals surface area contributed by atoms with Crippen LogP contribution in [0.3, 0.4) is 0 Å². The minimum Gasteiger partial charge on any atom is -0.396 e. The standard InChI is InChI=1S/C13H24N2O2/c1-10(14)12(17)15-7-6-13(9-15)4-2-11(8-16)3-5-13/h10-11,16H,2-9,14H2,1H3/t10-,11?,13?/m1/s1. The van der Waals surface area contributed by atoms with Crippen molar-refractivity contribution in [3.05, 3.63) is 0 Å². The molecule has 4 nitrogen and oxygen atoms in total. The number of aliphatic hydroxyl groups excluding tert-OH is 1. The highest BCUT2D eigenvalue weighted by Crippen LogP contribution is 2.45. The number of hydrogen-bond donors (Lipinski definition) is 2. The van der Waals surface area contributed by atoms with E-state index in [1.165, 1.54) is 0 Å². The molecule has 17 heavy (non-hydrogen) atoms. The minimum atomic E-state index is -0.376. The molecule has 3 N–H and O–H groups in total. The summed E-state index contributed by atoms with van der Waals surface area (Å²) in [4.78, 5) is 13.8. The Balaban J connectivity index is 1.91. The van der Waals surface area contributed by atoms with Gasteiger partial charge in [-0.3, -0.25) is 4.79 Å². The van der Waals surface area contributed by atoms with Crippen LogP contribution < -0.4 is 5.73 Å². The van der Waals surface area contributed by atoms with E-state index >= 15 is 0 Å². The number of hydrogen-bond acceptors (Lipinski definition) is 3. The molecule has 0 aromatic carbocycles. The number of amides is 1. The highest BCUT2D eigenvalue weighted by Gasteiger charge is 2.42. The van der Waals surface area contributed by atoms with Crippen molar-refractivity contribution in [2.75, 3.05) is 19.7 Å². The maximum absolute atomic E-state index is 11.9. The third-order valence-electron chi connectivity index (χ3n) is 4.56. The van der Waals surface area contributed by atoms with Gasteiger partial charge in [0, 0.05) is 19.7 Å². The van der Waals surface area contributed by atoms with Crippen molar-refractivity contribution in [2.24, 2.45) is 17.1 Å². The fourth-order valence-electron chi connectivity index (χ4n) is 3.29. The van der Waals surface area contributed by atoms with Crippen LogP contribution in [-0.2, 0) is 4.79 Å². The second-order valence-corrected chi connectivity index (χ2v) is 5.92. The summed E-state index contributed by atoms with van der Waals surface area (Å²) in [5.74, 6) is 0.574. The molecule has 2 fully saturated rings. The van der Waals surface area contributed by atoms with Gasteiger partial charge in [-0.15, -0.1) is 0 Å². The molecule has 1 aliphatic carbocycles. The average Bonchev–Trinajstić information content (AvgIpc) is 2.73. The van der Waals surface area contributed by atoms with Crippen molar-refractivity contribution in [3.63, 3.8) is 0 Å². The van der Waals surface area contributed by atoms with E-state index in [0.717, 1.165) is 45.2 Å². The van der Waals surface area contributed by atoms with Gasteiger partial charge < -0.3 is 15.7 Å². The van der Waals surface area contributed by atoms with E-state index in [0.29, 0.717) is 17.9 Å². The fraction of sp³-hybridized carbons (Fsp3) is 0.923. The molecule has 1 atom stereocenters. The topological polar surface area (TPSA) is 66.6 Å². The fourth-order valence-corrected chi connectivity index (χ4v) is 3.29. The summed E-state index contributed by atoms with van der Waals surface area (Å²) in [6, 6.07) is -0.376. The Kier molecular flexibility index (Phi) is 3.73. The Labute approximate surface area is 103 Å². The van der Waals surface area contributed by atoms with Crippen molar-refractivity contribution in [2.45, 2.75) is 45.1 Å². The van der Waals surface area contributed by atoms with Crippen LogP contribution in [0, 0.1) is 11.3 Å². The molecule has 1 amide bonds. The largest absolute Gasteiger partial charge is 0.396 e. The van der Waals surface area contributed by atoms with Gasteiger partial charge in [0.25, 0.3) is 0 Å². The van der Waals surface area contributed by atoms with E-state index in [-0.39, 0.29) is 11.9 Å². The zero-order chi connectivity index (χ0) is 12.5.